The zero-order chi connectivity index (χ0) is 20.5. The molecule has 2 aliphatic carbocycles. The van der Waals surface area contributed by atoms with Crippen LogP contribution in [0.5, 0.6) is 0 Å². The van der Waals surface area contributed by atoms with Gasteiger partial charge in [-0.25, -0.2) is 0 Å². The minimum absolute atomic E-state index is 0.0298. The number of aryl methyl sites for hydroxylation is 1. The first kappa shape index (κ1) is 21.2. The van der Waals surface area contributed by atoms with Gasteiger partial charge in [0.25, 0.3) is 0 Å². The SMILES string of the molecule is C=C1CC[C@@H]2[C@@](C)(CCC[C@@]2(C)C(=O)OC)[C@H]1CCc1ccoc1CN(C)C. The second-order valence-corrected chi connectivity index (χ2v) is 9.72. The van der Waals surface area contributed by atoms with Crippen LogP contribution in [-0.2, 0) is 22.5 Å². The summed E-state index contributed by atoms with van der Waals surface area (Å²) in [6.07, 6.45) is 9.15. The van der Waals surface area contributed by atoms with Crippen molar-refractivity contribution in [2.75, 3.05) is 21.2 Å². The average Bonchev–Trinajstić information content (AvgIpc) is 3.06. The second kappa shape index (κ2) is 8.06. The van der Waals surface area contributed by atoms with Gasteiger partial charge in [-0.2, -0.15) is 0 Å². The highest BCUT2D eigenvalue weighted by Gasteiger charge is 2.57. The molecule has 3 rings (SSSR count). The van der Waals surface area contributed by atoms with E-state index in [1.807, 2.05) is 6.26 Å². The predicted molar refractivity (Wildman–Crippen MR) is 112 cm³/mol. The molecule has 4 nitrogen and oxygen atoms in total. The first-order valence-electron chi connectivity index (χ1n) is 10.7. The minimum Gasteiger partial charge on any atom is -0.469 e. The maximum absolute atomic E-state index is 12.7. The molecule has 28 heavy (non-hydrogen) atoms. The lowest BCUT2D eigenvalue weighted by Gasteiger charge is -2.57. The average molecular weight is 388 g/mol. The number of esters is 1. The van der Waals surface area contributed by atoms with E-state index in [0.717, 1.165) is 50.8 Å². The number of carbonyl (C=O) groups excluding carboxylic acids is 1. The molecule has 0 N–H and O–H groups in total. The van der Waals surface area contributed by atoms with E-state index in [1.54, 1.807) is 0 Å². The molecule has 2 fully saturated rings. The van der Waals surface area contributed by atoms with Crippen molar-refractivity contribution < 1.29 is 13.9 Å². The molecule has 1 aromatic heterocycles. The van der Waals surface area contributed by atoms with Crippen molar-refractivity contribution in [2.24, 2.45) is 22.7 Å². The summed E-state index contributed by atoms with van der Waals surface area (Å²) in [7, 11) is 5.66. The third kappa shape index (κ3) is 3.68. The lowest BCUT2D eigenvalue weighted by Crippen LogP contribution is -2.53. The lowest BCUT2D eigenvalue weighted by molar-refractivity contribution is -0.168. The van der Waals surface area contributed by atoms with Crippen molar-refractivity contribution in [3.05, 3.63) is 35.8 Å². The summed E-state index contributed by atoms with van der Waals surface area (Å²) in [6, 6.07) is 2.11. The van der Waals surface area contributed by atoms with Crippen molar-refractivity contribution in [2.45, 2.75) is 65.3 Å². The fourth-order valence-electron chi connectivity index (χ4n) is 6.28. The van der Waals surface area contributed by atoms with Crippen molar-refractivity contribution in [1.82, 2.24) is 4.90 Å². The van der Waals surface area contributed by atoms with Gasteiger partial charge in [0, 0.05) is 0 Å². The van der Waals surface area contributed by atoms with Gasteiger partial charge in [-0.15, -0.1) is 0 Å². The van der Waals surface area contributed by atoms with E-state index in [0.29, 0.717) is 11.8 Å². The minimum atomic E-state index is -0.369. The largest absolute Gasteiger partial charge is 0.469 e. The van der Waals surface area contributed by atoms with E-state index >= 15 is 0 Å². The smallest absolute Gasteiger partial charge is 0.311 e. The third-order valence-electron chi connectivity index (χ3n) is 7.67. The molecular weight excluding hydrogens is 350 g/mol. The molecule has 0 spiro atoms. The Hall–Kier alpha value is -1.55. The Morgan fingerprint density at radius 1 is 1.36 bits per heavy atom. The molecule has 0 radical (unpaired) electrons. The Labute approximate surface area is 170 Å². The van der Waals surface area contributed by atoms with Crippen molar-refractivity contribution in [3.8, 4) is 0 Å². The molecular formula is C24H37NO3. The fourth-order valence-corrected chi connectivity index (χ4v) is 6.28. The van der Waals surface area contributed by atoms with Gasteiger partial charge in [0.15, 0.2) is 0 Å². The molecule has 0 aromatic carbocycles. The van der Waals surface area contributed by atoms with Crippen molar-refractivity contribution >= 4 is 5.97 Å². The summed E-state index contributed by atoms with van der Waals surface area (Å²) in [6.45, 7) is 9.84. The number of nitrogens with zero attached hydrogens (tertiary/aromatic N) is 1. The number of carbonyl (C=O) groups is 1. The normalized spacial score (nSPS) is 33.0. The molecule has 156 valence electrons. The number of furan rings is 1. The van der Waals surface area contributed by atoms with Crippen LogP contribution in [0.15, 0.2) is 28.9 Å². The van der Waals surface area contributed by atoms with Crippen LogP contribution in [0.1, 0.15) is 63.7 Å². The number of rotatable bonds is 6. The van der Waals surface area contributed by atoms with E-state index in [2.05, 4.69) is 45.5 Å². The van der Waals surface area contributed by atoms with Crippen molar-refractivity contribution in [1.29, 1.82) is 0 Å². The summed E-state index contributed by atoms with van der Waals surface area (Å²) in [4.78, 5) is 14.8. The van der Waals surface area contributed by atoms with Crippen LogP contribution in [0.3, 0.4) is 0 Å². The molecule has 0 unspecified atom stereocenters. The number of hydrogen-bond donors (Lipinski definition) is 0. The first-order chi connectivity index (χ1) is 13.2. The molecule has 0 bridgehead atoms. The zero-order valence-corrected chi connectivity index (χ0v) is 18.3. The maximum Gasteiger partial charge on any atom is 0.311 e. The van der Waals surface area contributed by atoms with Crippen molar-refractivity contribution in [3.63, 3.8) is 0 Å². The molecule has 0 saturated heterocycles. The van der Waals surface area contributed by atoms with Crippen LogP contribution in [-0.4, -0.2) is 32.1 Å². The van der Waals surface area contributed by atoms with E-state index in [9.17, 15) is 4.79 Å². The Balaban J connectivity index is 1.82. The molecule has 4 atom stereocenters. The highest BCUT2D eigenvalue weighted by atomic mass is 16.5. The number of methoxy groups -OCH3 is 1. The topological polar surface area (TPSA) is 42.7 Å². The highest BCUT2D eigenvalue weighted by molar-refractivity contribution is 5.77. The van der Waals surface area contributed by atoms with Crippen LogP contribution in [0.4, 0.5) is 0 Å². The summed E-state index contributed by atoms with van der Waals surface area (Å²) >= 11 is 0. The maximum atomic E-state index is 12.7. The highest BCUT2D eigenvalue weighted by Crippen LogP contribution is 2.62. The zero-order valence-electron chi connectivity index (χ0n) is 18.3. The van der Waals surface area contributed by atoms with Gasteiger partial charge >= 0.3 is 5.97 Å². The predicted octanol–water partition coefficient (Wildman–Crippen LogP) is 5.23. The Morgan fingerprint density at radius 3 is 2.79 bits per heavy atom. The summed E-state index contributed by atoms with van der Waals surface area (Å²) < 4.78 is 11.0. The van der Waals surface area contributed by atoms with Crippen LogP contribution < -0.4 is 0 Å². The van der Waals surface area contributed by atoms with Crippen LogP contribution >= 0.6 is 0 Å². The van der Waals surface area contributed by atoms with Gasteiger partial charge in [-0.3, -0.25) is 4.79 Å². The van der Waals surface area contributed by atoms with Gasteiger partial charge in [0.1, 0.15) is 5.76 Å². The van der Waals surface area contributed by atoms with Gasteiger partial charge in [0.2, 0.25) is 0 Å². The Morgan fingerprint density at radius 2 is 2.11 bits per heavy atom. The van der Waals surface area contributed by atoms with Gasteiger partial charge in [-0.05, 0) is 88.4 Å². The Bertz CT molecular complexity index is 721. The quantitative estimate of drug-likeness (QED) is 0.495. The van der Waals surface area contributed by atoms with Gasteiger partial charge < -0.3 is 14.1 Å². The first-order valence-corrected chi connectivity index (χ1v) is 10.7. The van der Waals surface area contributed by atoms with E-state index in [-0.39, 0.29) is 16.8 Å². The van der Waals surface area contributed by atoms with Crippen LogP contribution in [0, 0.1) is 22.7 Å². The fraction of sp³-hybridized carbons (Fsp3) is 0.708. The van der Waals surface area contributed by atoms with Gasteiger partial charge in [-0.1, -0.05) is 25.5 Å². The molecule has 0 aliphatic heterocycles. The van der Waals surface area contributed by atoms with Crippen LogP contribution in [0.25, 0.3) is 0 Å². The number of ether oxygens (including phenoxy) is 1. The number of fused-ring (bicyclic) bond motifs is 1. The van der Waals surface area contributed by atoms with E-state index in [1.165, 1.54) is 24.7 Å². The number of allylic oxidation sites excluding steroid dienone is 1. The van der Waals surface area contributed by atoms with Crippen LogP contribution in [0.2, 0.25) is 0 Å². The van der Waals surface area contributed by atoms with E-state index in [4.69, 9.17) is 9.15 Å². The van der Waals surface area contributed by atoms with Gasteiger partial charge in [0.05, 0.1) is 25.3 Å². The second-order valence-electron chi connectivity index (χ2n) is 9.72. The molecule has 2 aliphatic rings. The summed E-state index contributed by atoms with van der Waals surface area (Å²) in [5.41, 5.74) is 2.42. The molecule has 4 heteroatoms. The molecule has 1 aromatic rings. The molecule has 0 amide bonds. The molecule has 2 saturated carbocycles. The lowest BCUT2D eigenvalue weighted by atomic mass is 9.46. The molecule has 1 heterocycles. The standard InChI is InChI=1S/C24H37NO3/c1-17-8-11-21-23(2,13-7-14-24(21,3)22(26)27-6)19(17)10-9-18-12-15-28-20(18)16-25(4)5/h12,15,19,21H,1,7-11,13-14,16H2,2-6H3/t19-,21+,23-,24+/m0/s1. The number of hydrogen-bond acceptors (Lipinski definition) is 4. The summed E-state index contributed by atoms with van der Waals surface area (Å²) in [5.74, 6) is 1.84. The Kier molecular flexibility index (Phi) is 6.09. The summed E-state index contributed by atoms with van der Waals surface area (Å²) in [5, 5.41) is 0. The third-order valence-corrected chi connectivity index (χ3v) is 7.67. The van der Waals surface area contributed by atoms with E-state index < -0.39 is 0 Å². The monoisotopic (exact) mass is 387 g/mol.